The maximum atomic E-state index is 12.7. The zero-order chi connectivity index (χ0) is 16.2. The summed E-state index contributed by atoms with van der Waals surface area (Å²) in [5, 5.41) is 0. The SMILES string of the molecule is CSc1ccccc1C(=O)N1CC[C@H](Oc2cccc(N)c2)C1. The van der Waals surface area contributed by atoms with E-state index in [4.69, 9.17) is 10.5 Å². The second-order valence-electron chi connectivity index (χ2n) is 5.55. The minimum atomic E-state index is 0.0159. The lowest BCUT2D eigenvalue weighted by atomic mass is 10.2. The van der Waals surface area contributed by atoms with Crippen molar-refractivity contribution in [2.75, 3.05) is 25.1 Å². The van der Waals surface area contributed by atoms with E-state index in [0.717, 1.165) is 22.6 Å². The van der Waals surface area contributed by atoms with Gasteiger partial charge in [0, 0.05) is 29.6 Å². The van der Waals surface area contributed by atoms with Gasteiger partial charge in [-0.15, -0.1) is 11.8 Å². The molecule has 0 bridgehead atoms. The lowest BCUT2D eigenvalue weighted by molar-refractivity contribution is 0.0769. The molecule has 0 unspecified atom stereocenters. The average molecular weight is 328 g/mol. The molecule has 0 spiro atoms. The van der Waals surface area contributed by atoms with E-state index in [1.807, 2.05) is 59.7 Å². The van der Waals surface area contributed by atoms with Crippen LogP contribution in [0, 0.1) is 0 Å². The Balaban J connectivity index is 1.66. The van der Waals surface area contributed by atoms with Crippen molar-refractivity contribution >= 4 is 23.4 Å². The maximum Gasteiger partial charge on any atom is 0.255 e. The molecule has 0 aromatic heterocycles. The van der Waals surface area contributed by atoms with Crippen LogP contribution in [0.4, 0.5) is 5.69 Å². The summed E-state index contributed by atoms with van der Waals surface area (Å²) in [7, 11) is 0. The molecule has 1 amide bonds. The average Bonchev–Trinajstić information content (AvgIpc) is 3.02. The highest BCUT2D eigenvalue weighted by atomic mass is 32.2. The molecule has 120 valence electrons. The standard InChI is InChI=1S/C18H20N2O2S/c1-23-17-8-3-2-7-16(17)18(21)20-10-9-15(12-20)22-14-6-4-5-13(19)11-14/h2-8,11,15H,9-10,12,19H2,1H3/t15-/m0/s1. The number of likely N-dealkylation sites (tertiary alicyclic amines) is 1. The predicted molar refractivity (Wildman–Crippen MR) is 94.0 cm³/mol. The Morgan fingerprint density at radius 3 is 2.87 bits per heavy atom. The van der Waals surface area contributed by atoms with Crippen molar-refractivity contribution in [3.63, 3.8) is 0 Å². The first-order chi connectivity index (χ1) is 11.2. The number of nitrogens with zero attached hydrogens (tertiary/aromatic N) is 1. The number of carbonyl (C=O) groups is 1. The van der Waals surface area contributed by atoms with Crippen LogP contribution in [0.15, 0.2) is 53.4 Å². The Morgan fingerprint density at radius 2 is 2.09 bits per heavy atom. The second kappa shape index (κ2) is 6.96. The summed E-state index contributed by atoms with van der Waals surface area (Å²) in [6, 6.07) is 15.1. The highest BCUT2D eigenvalue weighted by molar-refractivity contribution is 7.98. The smallest absolute Gasteiger partial charge is 0.255 e. The molecule has 23 heavy (non-hydrogen) atoms. The van der Waals surface area contributed by atoms with Gasteiger partial charge < -0.3 is 15.4 Å². The molecule has 1 aliphatic heterocycles. The Labute approximate surface area is 140 Å². The van der Waals surface area contributed by atoms with E-state index >= 15 is 0 Å². The van der Waals surface area contributed by atoms with E-state index in [-0.39, 0.29) is 12.0 Å². The van der Waals surface area contributed by atoms with Crippen molar-refractivity contribution < 1.29 is 9.53 Å². The molecule has 5 heteroatoms. The van der Waals surface area contributed by atoms with Crippen LogP contribution in [0.1, 0.15) is 16.8 Å². The molecule has 1 saturated heterocycles. The Hall–Kier alpha value is -2.14. The number of rotatable bonds is 4. The maximum absolute atomic E-state index is 12.7. The fraction of sp³-hybridized carbons (Fsp3) is 0.278. The predicted octanol–water partition coefficient (Wildman–Crippen LogP) is 3.28. The number of hydrogen-bond acceptors (Lipinski definition) is 4. The summed E-state index contributed by atoms with van der Waals surface area (Å²) in [5.74, 6) is 0.836. The third-order valence-electron chi connectivity index (χ3n) is 3.93. The molecule has 2 N–H and O–H groups in total. The van der Waals surface area contributed by atoms with E-state index in [9.17, 15) is 4.79 Å². The molecule has 1 fully saturated rings. The number of benzene rings is 2. The van der Waals surface area contributed by atoms with Crippen LogP contribution in [0.2, 0.25) is 0 Å². The van der Waals surface area contributed by atoms with Gasteiger partial charge in [-0.05, 0) is 30.5 Å². The van der Waals surface area contributed by atoms with Crippen LogP contribution < -0.4 is 10.5 Å². The molecule has 1 atom stereocenters. The minimum absolute atomic E-state index is 0.0159. The quantitative estimate of drug-likeness (QED) is 0.691. The van der Waals surface area contributed by atoms with E-state index in [1.54, 1.807) is 11.8 Å². The first kappa shape index (κ1) is 15.7. The molecular formula is C18H20N2O2S. The highest BCUT2D eigenvalue weighted by Gasteiger charge is 2.29. The topological polar surface area (TPSA) is 55.6 Å². The van der Waals surface area contributed by atoms with E-state index in [1.165, 1.54) is 0 Å². The monoisotopic (exact) mass is 328 g/mol. The molecule has 2 aromatic rings. The number of amides is 1. The summed E-state index contributed by atoms with van der Waals surface area (Å²) >= 11 is 1.59. The first-order valence-corrected chi connectivity index (χ1v) is 8.84. The van der Waals surface area contributed by atoms with Crippen LogP contribution in [0.25, 0.3) is 0 Å². The molecule has 2 aromatic carbocycles. The van der Waals surface area contributed by atoms with Gasteiger partial charge >= 0.3 is 0 Å². The zero-order valence-electron chi connectivity index (χ0n) is 13.1. The molecule has 0 aliphatic carbocycles. The lowest BCUT2D eigenvalue weighted by Gasteiger charge is -2.18. The number of hydrogen-bond donors (Lipinski definition) is 1. The summed E-state index contributed by atoms with van der Waals surface area (Å²) in [6.45, 7) is 1.32. The normalized spacial score (nSPS) is 17.3. The number of ether oxygens (including phenoxy) is 1. The van der Waals surface area contributed by atoms with Gasteiger partial charge in [0.2, 0.25) is 0 Å². The summed E-state index contributed by atoms with van der Waals surface area (Å²) in [5.41, 5.74) is 7.22. The van der Waals surface area contributed by atoms with Gasteiger partial charge in [-0.3, -0.25) is 4.79 Å². The molecule has 3 rings (SSSR count). The van der Waals surface area contributed by atoms with Crippen molar-refractivity contribution in [3.05, 3.63) is 54.1 Å². The van der Waals surface area contributed by atoms with Gasteiger partial charge in [0.25, 0.3) is 5.91 Å². The van der Waals surface area contributed by atoms with Crippen molar-refractivity contribution in [1.82, 2.24) is 4.90 Å². The van der Waals surface area contributed by atoms with Gasteiger partial charge in [-0.25, -0.2) is 0 Å². The number of thioether (sulfide) groups is 1. The van der Waals surface area contributed by atoms with Gasteiger partial charge in [0.05, 0.1) is 12.1 Å². The van der Waals surface area contributed by atoms with Crippen LogP contribution in [-0.2, 0) is 0 Å². The number of nitrogens with two attached hydrogens (primary N) is 1. The fourth-order valence-corrected chi connectivity index (χ4v) is 3.37. The van der Waals surface area contributed by atoms with Crippen molar-refractivity contribution in [2.24, 2.45) is 0 Å². The summed E-state index contributed by atoms with van der Waals surface area (Å²) in [4.78, 5) is 15.6. The number of nitrogen functional groups attached to an aromatic ring is 1. The van der Waals surface area contributed by atoms with Crippen molar-refractivity contribution in [2.45, 2.75) is 17.4 Å². The molecule has 0 saturated carbocycles. The summed E-state index contributed by atoms with van der Waals surface area (Å²) in [6.07, 6.45) is 2.84. The van der Waals surface area contributed by atoms with E-state index < -0.39 is 0 Å². The largest absolute Gasteiger partial charge is 0.488 e. The Kier molecular flexibility index (Phi) is 4.76. The second-order valence-corrected chi connectivity index (χ2v) is 6.40. The Bertz CT molecular complexity index is 705. The fourth-order valence-electron chi connectivity index (χ4n) is 2.78. The highest BCUT2D eigenvalue weighted by Crippen LogP contribution is 2.25. The number of carbonyl (C=O) groups excluding carboxylic acids is 1. The lowest BCUT2D eigenvalue weighted by Crippen LogP contribution is -2.31. The van der Waals surface area contributed by atoms with Crippen LogP contribution in [0.5, 0.6) is 5.75 Å². The molecule has 4 nitrogen and oxygen atoms in total. The molecule has 1 aliphatic rings. The molecule has 0 radical (unpaired) electrons. The van der Waals surface area contributed by atoms with Crippen LogP contribution in [0.3, 0.4) is 0 Å². The third kappa shape index (κ3) is 3.62. The zero-order valence-corrected chi connectivity index (χ0v) is 13.9. The van der Waals surface area contributed by atoms with Crippen molar-refractivity contribution in [3.8, 4) is 5.75 Å². The van der Waals surface area contributed by atoms with E-state index in [2.05, 4.69) is 0 Å². The summed E-state index contributed by atoms with van der Waals surface area (Å²) < 4.78 is 5.95. The molecule has 1 heterocycles. The van der Waals surface area contributed by atoms with Gasteiger partial charge in [0.15, 0.2) is 0 Å². The van der Waals surface area contributed by atoms with Gasteiger partial charge in [-0.2, -0.15) is 0 Å². The van der Waals surface area contributed by atoms with Gasteiger partial charge in [0.1, 0.15) is 11.9 Å². The minimum Gasteiger partial charge on any atom is -0.488 e. The van der Waals surface area contributed by atoms with E-state index in [0.29, 0.717) is 18.8 Å². The van der Waals surface area contributed by atoms with Gasteiger partial charge in [-0.1, -0.05) is 18.2 Å². The number of anilines is 1. The third-order valence-corrected chi connectivity index (χ3v) is 4.73. The Morgan fingerprint density at radius 1 is 1.26 bits per heavy atom. The van der Waals surface area contributed by atoms with Crippen LogP contribution >= 0.6 is 11.8 Å². The molecular weight excluding hydrogens is 308 g/mol. The first-order valence-electron chi connectivity index (χ1n) is 7.62. The van der Waals surface area contributed by atoms with Crippen LogP contribution in [-0.4, -0.2) is 36.3 Å². The van der Waals surface area contributed by atoms with Crippen molar-refractivity contribution in [1.29, 1.82) is 0 Å².